The summed E-state index contributed by atoms with van der Waals surface area (Å²) in [6.45, 7) is 0.279. The second kappa shape index (κ2) is 7.87. The van der Waals surface area contributed by atoms with Crippen LogP contribution in [0.1, 0.15) is 5.56 Å². The molecule has 0 atom stereocenters. The minimum absolute atomic E-state index is 0.00121. The number of aromatic nitrogens is 5. The molecule has 4 aromatic rings. The molecule has 0 aliphatic carbocycles. The highest BCUT2D eigenvalue weighted by molar-refractivity contribution is 7.92. The number of sulfonamides is 1. The Balaban J connectivity index is 1.52. The smallest absolute Gasteiger partial charge is 0.233 e. The first-order chi connectivity index (χ1) is 14.7. The van der Waals surface area contributed by atoms with Crippen molar-refractivity contribution in [2.75, 3.05) is 22.9 Å². The largest absolute Gasteiger partial charge is 0.378 e. The summed E-state index contributed by atoms with van der Waals surface area (Å²) < 4.78 is 52.0. The Hall–Kier alpha value is -3.67. The lowest BCUT2D eigenvalue weighted by atomic mass is 10.2. The molecule has 3 heterocycles. The number of pyridine rings is 1. The van der Waals surface area contributed by atoms with E-state index in [1.807, 2.05) is 0 Å². The molecule has 0 bridgehead atoms. The van der Waals surface area contributed by atoms with Gasteiger partial charge in [-0.15, -0.1) is 0 Å². The Morgan fingerprint density at radius 3 is 2.61 bits per heavy atom. The monoisotopic (exact) mass is 445 g/mol. The number of anilines is 2. The molecular weight excluding hydrogens is 428 g/mol. The fraction of sp³-hybridized carbons (Fsp3) is 0.158. The zero-order chi connectivity index (χ0) is 22.2. The first kappa shape index (κ1) is 20.6. The second-order valence-electron chi connectivity index (χ2n) is 6.73. The van der Waals surface area contributed by atoms with Crippen LogP contribution in [0.3, 0.4) is 0 Å². The number of rotatable bonds is 6. The van der Waals surface area contributed by atoms with Crippen molar-refractivity contribution < 1.29 is 17.2 Å². The lowest BCUT2D eigenvalue weighted by Gasteiger charge is -2.19. The van der Waals surface area contributed by atoms with Crippen molar-refractivity contribution in [2.24, 2.45) is 0 Å². The van der Waals surface area contributed by atoms with Crippen LogP contribution in [0.15, 0.2) is 42.9 Å². The van der Waals surface area contributed by atoms with Crippen molar-refractivity contribution in [3.05, 3.63) is 60.1 Å². The average Bonchev–Trinajstić information content (AvgIpc) is 3.16. The predicted octanol–water partition coefficient (Wildman–Crippen LogP) is 2.70. The number of aromatic amines is 1. The Morgan fingerprint density at radius 1 is 1.16 bits per heavy atom. The van der Waals surface area contributed by atoms with Crippen LogP contribution >= 0.6 is 0 Å². The molecule has 160 valence electrons. The molecule has 4 rings (SSSR count). The minimum Gasteiger partial charge on any atom is -0.378 e. The molecule has 3 aromatic heterocycles. The lowest BCUT2D eigenvalue weighted by molar-refractivity contribution is 0.590. The van der Waals surface area contributed by atoms with Crippen LogP contribution in [0, 0.1) is 11.6 Å². The quantitative estimate of drug-likeness (QED) is 0.469. The summed E-state index contributed by atoms with van der Waals surface area (Å²) >= 11 is 0. The summed E-state index contributed by atoms with van der Waals surface area (Å²) in [6.07, 6.45) is 5.62. The Kier molecular flexibility index (Phi) is 5.23. The third kappa shape index (κ3) is 4.28. The van der Waals surface area contributed by atoms with Gasteiger partial charge in [-0.1, -0.05) is 6.07 Å². The van der Waals surface area contributed by atoms with E-state index in [-0.39, 0.29) is 29.2 Å². The SMILES string of the molecule is CN(c1ncccc1CNc1cnc(-c2nc3c(F)cc(F)cc3[nH]2)nc1)S(C)(=O)=O. The van der Waals surface area contributed by atoms with Crippen LogP contribution in [0.5, 0.6) is 0 Å². The first-order valence-corrected chi connectivity index (χ1v) is 10.9. The summed E-state index contributed by atoms with van der Waals surface area (Å²) in [4.78, 5) is 19.4. The molecule has 31 heavy (non-hydrogen) atoms. The molecule has 0 unspecified atom stereocenters. The Bertz CT molecular complexity index is 1360. The highest BCUT2D eigenvalue weighted by atomic mass is 32.2. The van der Waals surface area contributed by atoms with Crippen LogP contribution < -0.4 is 9.62 Å². The van der Waals surface area contributed by atoms with Gasteiger partial charge in [-0.2, -0.15) is 0 Å². The fourth-order valence-corrected chi connectivity index (χ4v) is 3.37. The van der Waals surface area contributed by atoms with Crippen molar-refractivity contribution in [3.8, 4) is 11.6 Å². The highest BCUT2D eigenvalue weighted by Crippen LogP contribution is 2.22. The van der Waals surface area contributed by atoms with Gasteiger partial charge in [0.2, 0.25) is 10.0 Å². The summed E-state index contributed by atoms with van der Waals surface area (Å²) in [5.41, 5.74) is 1.43. The molecular formula is C19H17F2N7O2S. The van der Waals surface area contributed by atoms with E-state index < -0.39 is 21.7 Å². The number of nitrogens with one attached hydrogen (secondary N) is 2. The molecule has 0 aliphatic heterocycles. The molecule has 0 fully saturated rings. The molecule has 0 radical (unpaired) electrons. The van der Waals surface area contributed by atoms with Crippen LogP contribution in [0.25, 0.3) is 22.7 Å². The standard InChI is InChI=1S/C19H17F2N7O2S/c1-28(31(2,29)30)19-11(4-3-5-22-19)8-23-13-9-24-17(25-10-13)18-26-15-7-12(20)6-14(21)16(15)27-18/h3-7,9-10,23H,8H2,1-2H3,(H,26,27). The maximum absolute atomic E-state index is 13.8. The van der Waals surface area contributed by atoms with Gasteiger partial charge < -0.3 is 10.3 Å². The van der Waals surface area contributed by atoms with Gasteiger partial charge in [-0.3, -0.25) is 4.31 Å². The van der Waals surface area contributed by atoms with Gasteiger partial charge in [0.25, 0.3) is 0 Å². The fourth-order valence-electron chi connectivity index (χ4n) is 2.90. The molecule has 0 aliphatic rings. The van der Waals surface area contributed by atoms with E-state index in [4.69, 9.17) is 0 Å². The summed E-state index contributed by atoms with van der Waals surface area (Å²) in [5.74, 6) is -0.763. The van der Waals surface area contributed by atoms with Crippen molar-refractivity contribution in [1.82, 2.24) is 24.9 Å². The normalized spacial score (nSPS) is 11.6. The molecule has 0 spiro atoms. The lowest BCUT2D eigenvalue weighted by Crippen LogP contribution is -2.27. The van der Waals surface area contributed by atoms with Crippen LogP contribution in [0.2, 0.25) is 0 Å². The van der Waals surface area contributed by atoms with Crippen molar-refractivity contribution in [3.63, 3.8) is 0 Å². The number of hydrogen-bond donors (Lipinski definition) is 2. The maximum Gasteiger partial charge on any atom is 0.233 e. The summed E-state index contributed by atoms with van der Waals surface area (Å²) in [7, 11) is -2.03. The molecule has 1 aromatic carbocycles. The van der Waals surface area contributed by atoms with Crippen molar-refractivity contribution in [2.45, 2.75) is 6.54 Å². The van der Waals surface area contributed by atoms with Gasteiger partial charge in [0, 0.05) is 31.4 Å². The van der Waals surface area contributed by atoms with Crippen LogP contribution in [0.4, 0.5) is 20.3 Å². The summed E-state index contributed by atoms with van der Waals surface area (Å²) in [6, 6.07) is 5.37. The molecule has 2 N–H and O–H groups in total. The van der Waals surface area contributed by atoms with E-state index >= 15 is 0 Å². The van der Waals surface area contributed by atoms with E-state index in [1.54, 1.807) is 12.1 Å². The highest BCUT2D eigenvalue weighted by Gasteiger charge is 2.17. The van der Waals surface area contributed by atoms with Gasteiger partial charge in [0.15, 0.2) is 17.5 Å². The van der Waals surface area contributed by atoms with Gasteiger partial charge in [-0.25, -0.2) is 37.1 Å². The van der Waals surface area contributed by atoms with Gasteiger partial charge in [0.05, 0.1) is 29.9 Å². The number of imidazole rings is 1. The first-order valence-electron chi connectivity index (χ1n) is 9.01. The number of halogens is 2. The number of benzene rings is 1. The number of fused-ring (bicyclic) bond motifs is 1. The Morgan fingerprint density at radius 2 is 1.90 bits per heavy atom. The maximum atomic E-state index is 13.8. The van der Waals surface area contributed by atoms with E-state index in [9.17, 15) is 17.2 Å². The third-order valence-electron chi connectivity index (χ3n) is 4.51. The van der Waals surface area contributed by atoms with E-state index in [0.717, 1.165) is 22.7 Å². The number of H-pyrrole nitrogens is 1. The van der Waals surface area contributed by atoms with Crippen LogP contribution in [-0.2, 0) is 16.6 Å². The molecule has 0 amide bonds. The predicted molar refractivity (Wildman–Crippen MR) is 112 cm³/mol. The topological polar surface area (TPSA) is 117 Å². The third-order valence-corrected chi connectivity index (χ3v) is 5.68. The number of nitrogens with zero attached hydrogens (tertiary/aromatic N) is 5. The summed E-state index contributed by atoms with van der Waals surface area (Å²) in [5, 5.41) is 3.10. The van der Waals surface area contributed by atoms with Gasteiger partial charge in [0.1, 0.15) is 17.2 Å². The zero-order valence-corrected chi connectivity index (χ0v) is 17.3. The van der Waals surface area contributed by atoms with Gasteiger partial charge in [-0.05, 0) is 12.1 Å². The average molecular weight is 445 g/mol. The molecule has 0 saturated heterocycles. The molecule has 0 saturated carbocycles. The molecule has 9 nitrogen and oxygen atoms in total. The molecule has 12 heteroatoms. The minimum atomic E-state index is -3.46. The number of hydrogen-bond acceptors (Lipinski definition) is 7. The van der Waals surface area contributed by atoms with Gasteiger partial charge >= 0.3 is 0 Å². The Labute approximate surface area is 176 Å². The van der Waals surface area contributed by atoms with E-state index in [0.29, 0.717) is 17.1 Å². The second-order valence-corrected chi connectivity index (χ2v) is 8.75. The van der Waals surface area contributed by atoms with E-state index in [1.165, 1.54) is 25.6 Å². The van der Waals surface area contributed by atoms with E-state index in [2.05, 4.69) is 30.2 Å². The van der Waals surface area contributed by atoms with Crippen molar-refractivity contribution >= 4 is 32.6 Å². The zero-order valence-electron chi connectivity index (χ0n) is 16.5. The van der Waals surface area contributed by atoms with Crippen LogP contribution in [-0.4, -0.2) is 46.6 Å². The van der Waals surface area contributed by atoms with Crippen molar-refractivity contribution in [1.29, 1.82) is 0 Å².